The molecule has 1 aromatic rings. The summed E-state index contributed by atoms with van der Waals surface area (Å²) in [6.45, 7) is 5.11. The number of aromatic nitrogens is 2. The van der Waals surface area contributed by atoms with Crippen molar-refractivity contribution in [2.24, 2.45) is 0 Å². The Morgan fingerprint density at radius 3 is 3.00 bits per heavy atom. The second kappa shape index (κ2) is 5.37. The normalized spacial score (nSPS) is 10.2. The predicted octanol–water partition coefficient (Wildman–Crippen LogP) is 2.22. The summed E-state index contributed by atoms with van der Waals surface area (Å²) < 4.78 is 4.22. The second-order valence-corrected chi connectivity index (χ2v) is 4.21. The van der Waals surface area contributed by atoms with E-state index in [0.717, 1.165) is 29.0 Å². The SMILES string of the molecule is CCNc1nc(CSCC)ns1. The maximum absolute atomic E-state index is 4.31. The Labute approximate surface area is 81.1 Å². The maximum atomic E-state index is 4.31. The van der Waals surface area contributed by atoms with Crippen LogP contribution >= 0.6 is 23.3 Å². The molecule has 1 aromatic heterocycles. The minimum absolute atomic E-state index is 0.912. The van der Waals surface area contributed by atoms with Gasteiger partial charge in [-0.15, -0.1) is 0 Å². The summed E-state index contributed by atoms with van der Waals surface area (Å²) in [5, 5.41) is 4.07. The molecule has 1 rings (SSSR count). The first kappa shape index (κ1) is 9.80. The molecule has 0 bridgehead atoms. The highest BCUT2D eigenvalue weighted by Crippen LogP contribution is 2.14. The Morgan fingerprint density at radius 1 is 1.50 bits per heavy atom. The molecule has 0 aliphatic rings. The van der Waals surface area contributed by atoms with Crippen LogP contribution in [0, 0.1) is 0 Å². The van der Waals surface area contributed by atoms with Crippen LogP contribution in [-0.4, -0.2) is 21.7 Å². The smallest absolute Gasteiger partial charge is 0.202 e. The van der Waals surface area contributed by atoms with Gasteiger partial charge >= 0.3 is 0 Å². The third kappa shape index (κ3) is 2.98. The zero-order valence-corrected chi connectivity index (χ0v) is 8.97. The first-order chi connectivity index (χ1) is 5.86. The van der Waals surface area contributed by atoms with E-state index < -0.39 is 0 Å². The summed E-state index contributed by atoms with van der Waals surface area (Å²) in [6, 6.07) is 0. The quantitative estimate of drug-likeness (QED) is 0.796. The number of thioether (sulfide) groups is 1. The summed E-state index contributed by atoms with van der Waals surface area (Å²) >= 11 is 3.29. The van der Waals surface area contributed by atoms with Gasteiger partial charge in [0.2, 0.25) is 5.13 Å². The molecule has 0 unspecified atom stereocenters. The lowest BCUT2D eigenvalue weighted by molar-refractivity contribution is 1.11. The third-order valence-electron chi connectivity index (χ3n) is 1.23. The van der Waals surface area contributed by atoms with Gasteiger partial charge < -0.3 is 5.32 Å². The minimum atomic E-state index is 0.912. The fourth-order valence-corrected chi connectivity index (χ4v) is 1.98. The molecule has 3 nitrogen and oxygen atoms in total. The standard InChI is InChI=1S/C7H13N3S2/c1-3-8-7-9-6(10-12-7)5-11-4-2/h3-5H2,1-2H3,(H,8,9,10). The molecule has 0 fully saturated rings. The fraction of sp³-hybridized carbons (Fsp3) is 0.714. The van der Waals surface area contributed by atoms with Crippen LogP contribution in [-0.2, 0) is 5.75 Å². The number of hydrogen-bond acceptors (Lipinski definition) is 5. The Kier molecular flexibility index (Phi) is 4.39. The second-order valence-electron chi connectivity index (χ2n) is 2.18. The molecular formula is C7H13N3S2. The van der Waals surface area contributed by atoms with Gasteiger partial charge in [-0.2, -0.15) is 16.1 Å². The van der Waals surface area contributed by atoms with Crippen molar-refractivity contribution in [3.63, 3.8) is 0 Å². The van der Waals surface area contributed by atoms with E-state index in [2.05, 4.69) is 28.5 Å². The fourth-order valence-electron chi connectivity index (χ4n) is 0.729. The number of nitrogens with one attached hydrogen (secondary N) is 1. The van der Waals surface area contributed by atoms with Gasteiger partial charge in [-0.05, 0) is 12.7 Å². The molecular weight excluding hydrogens is 190 g/mol. The van der Waals surface area contributed by atoms with Crippen molar-refractivity contribution in [3.05, 3.63) is 5.82 Å². The van der Waals surface area contributed by atoms with Gasteiger partial charge in [0.15, 0.2) is 5.82 Å². The number of hydrogen-bond donors (Lipinski definition) is 1. The third-order valence-corrected chi connectivity index (χ3v) is 2.81. The summed E-state index contributed by atoms with van der Waals surface area (Å²) in [7, 11) is 0. The molecule has 0 saturated carbocycles. The van der Waals surface area contributed by atoms with Crippen molar-refractivity contribution in [2.75, 3.05) is 17.6 Å². The Hall–Kier alpha value is -0.290. The molecule has 0 atom stereocenters. The van der Waals surface area contributed by atoms with Crippen molar-refractivity contribution < 1.29 is 0 Å². The van der Waals surface area contributed by atoms with Crippen molar-refractivity contribution in [2.45, 2.75) is 19.6 Å². The zero-order chi connectivity index (χ0) is 8.81. The molecule has 0 amide bonds. The summed E-state index contributed by atoms with van der Waals surface area (Å²) in [6.07, 6.45) is 0. The summed E-state index contributed by atoms with van der Waals surface area (Å²) in [5.74, 6) is 3.00. The monoisotopic (exact) mass is 203 g/mol. The summed E-state index contributed by atoms with van der Waals surface area (Å²) in [5.41, 5.74) is 0. The van der Waals surface area contributed by atoms with E-state index in [0.29, 0.717) is 0 Å². The van der Waals surface area contributed by atoms with Crippen LogP contribution < -0.4 is 5.32 Å². The Bertz CT molecular complexity index is 224. The molecule has 0 saturated heterocycles. The molecule has 0 radical (unpaired) electrons. The van der Waals surface area contributed by atoms with Crippen molar-refractivity contribution in [3.8, 4) is 0 Å². The van der Waals surface area contributed by atoms with Gasteiger partial charge in [-0.1, -0.05) is 6.92 Å². The van der Waals surface area contributed by atoms with Gasteiger partial charge in [-0.25, -0.2) is 4.98 Å². The van der Waals surface area contributed by atoms with E-state index >= 15 is 0 Å². The Morgan fingerprint density at radius 2 is 2.33 bits per heavy atom. The zero-order valence-electron chi connectivity index (χ0n) is 7.33. The first-order valence-electron chi connectivity index (χ1n) is 4.01. The largest absolute Gasteiger partial charge is 0.361 e. The molecule has 0 aliphatic carbocycles. The van der Waals surface area contributed by atoms with E-state index in [9.17, 15) is 0 Å². The van der Waals surface area contributed by atoms with E-state index in [4.69, 9.17) is 0 Å². The molecule has 12 heavy (non-hydrogen) atoms. The van der Waals surface area contributed by atoms with Gasteiger partial charge in [0.05, 0.1) is 5.75 Å². The lowest BCUT2D eigenvalue weighted by Crippen LogP contribution is -1.95. The van der Waals surface area contributed by atoms with E-state index in [1.54, 1.807) is 0 Å². The van der Waals surface area contributed by atoms with Crippen LogP contribution in [0.25, 0.3) is 0 Å². The van der Waals surface area contributed by atoms with Gasteiger partial charge in [-0.3, -0.25) is 0 Å². The van der Waals surface area contributed by atoms with Gasteiger partial charge in [0, 0.05) is 18.1 Å². The van der Waals surface area contributed by atoms with Crippen LogP contribution in [0.1, 0.15) is 19.7 Å². The van der Waals surface area contributed by atoms with Crippen molar-refractivity contribution in [1.82, 2.24) is 9.36 Å². The highest BCUT2D eigenvalue weighted by Gasteiger charge is 2.01. The molecule has 68 valence electrons. The number of nitrogens with zero attached hydrogens (tertiary/aromatic N) is 2. The minimum Gasteiger partial charge on any atom is -0.361 e. The van der Waals surface area contributed by atoms with Crippen LogP contribution in [0.2, 0.25) is 0 Å². The maximum Gasteiger partial charge on any atom is 0.202 e. The average molecular weight is 203 g/mol. The van der Waals surface area contributed by atoms with Gasteiger partial charge in [0.1, 0.15) is 0 Å². The first-order valence-corrected chi connectivity index (χ1v) is 5.93. The average Bonchev–Trinajstić information content (AvgIpc) is 2.50. The Balaban J connectivity index is 2.41. The van der Waals surface area contributed by atoms with Crippen molar-refractivity contribution in [1.29, 1.82) is 0 Å². The highest BCUT2D eigenvalue weighted by atomic mass is 32.2. The topological polar surface area (TPSA) is 37.8 Å². The van der Waals surface area contributed by atoms with Crippen LogP contribution in [0.5, 0.6) is 0 Å². The number of rotatable bonds is 5. The lowest BCUT2D eigenvalue weighted by atomic mass is 10.7. The van der Waals surface area contributed by atoms with Crippen LogP contribution in [0.15, 0.2) is 0 Å². The summed E-state index contributed by atoms with van der Waals surface area (Å²) in [4.78, 5) is 4.31. The molecule has 0 aromatic carbocycles. The molecule has 0 aliphatic heterocycles. The van der Waals surface area contributed by atoms with E-state index in [1.807, 2.05) is 11.8 Å². The van der Waals surface area contributed by atoms with E-state index in [1.165, 1.54) is 11.5 Å². The molecule has 1 N–H and O–H groups in total. The lowest BCUT2D eigenvalue weighted by Gasteiger charge is -1.92. The number of anilines is 1. The van der Waals surface area contributed by atoms with Crippen LogP contribution in [0.3, 0.4) is 0 Å². The van der Waals surface area contributed by atoms with Crippen LogP contribution in [0.4, 0.5) is 5.13 Å². The molecule has 0 spiro atoms. The predicted molar refractivity (Wildman–Crippen MR) is 55.9 cm³/mol. The molecule has 5 heteroatoms. The van der Waals surface area contributed by atoms with Crippen molar-refractivity contribution >= 4 is 28.4 Å². The van der Waals surface area contributed by atoms with E-state index in [-0.39, 0.29) is 0 Å². The molecule has 1 heterocycles. The van der Waals surface area contributed by atoms with Gasteiger partial charge in [0.25, 0.3) is 0 Å². The highest BCUT2D eigenvalue weighted by molar-refractivity contribution is 7.98.